The Labute approximate surface area is 266 Å². The van der Waals surface area contributed by atoms with Gasteiger partial charge < -0.3 is 20.3 Å². The molecule has 1 aliphatic rings. The lowest BCUT2D eigenvalue weighted by Gasteiger charge is -2.19. The van der Waals surface area contributed by atoms with Crippen LogP contribution < -0.4 is 14.9 Å². The second-order valence-corrected chi connectivity index (χ2v) is 13.5. The van der Waals surface area contributed by atoms with Gasteiger partial charge in [-0.05, 0) is 90.5 Å². The number of aromatic amines is 1. The van der Waals surface area contributed by atoms with E-state index in [9.17, 15) is 18.3 Å². The van der Waals surface area contributed by atoms with Crippen LogP contribution in [0.25, 0.3) is 10.9 Å². The lowest BCUT2D eigenvalue weighted by atomic mass is 10.1. The number of nitrogens with one attached hydrogen (secondary N) is 3. The number of amides is 2. The summed E-state index contributed by atoms with van der Waals surface area (Å²) in [5.74, 6) is 0. The molecule has 1 unspecified atom stereocenters. The minimum Gasteiger partial charge on any atom is -0.387 e. The van der Waals surface area contributed by atoms with Gasteiger partial charge in [-0.25, -0.2) is 13.2 Å². The quantitative estimate of drug-likeness (QED) is 0.100. The Morgan fingerprint density at radius 2 is 1.67 bits per heavy atom. The van der Waals surface area contributed by atoms with E-state index in [-0.39, 0.29) is 10.9 Å². The van der Waals surface area contributed by atoms with E-state index in [1.54, 1.807) is 41.3 Å². The van der Waals surface area contributed by atoms with Crippen molar-refractivity contribution in [3.8, 4) is 0 Å². The molecule has 4 N–H and O–H groups in total. The van der Waals surface area contributed by atoms with Gasteiger partial charge in [-0.3, -0.25) is 9.62 Å². The predicted molar refractivity (Wildman–Crippen MR) is 181 cm³/mol. The van der Waals surface area contributed by atoms with E-state index in [4.69, 9.17) is 0 Å². The molecular formula is C35H45N5O4S. The van der Waals surface area contributed by atoms with Crippen LogP contribution in [0, 0.1) is 0 Å². The minimum atomic E-state index is -3.79. The zero-order chi connectivity index (χ0) is 31.6. The first-order valence-corrected chi connectivity index (χ1v) is 17.6. The molecule has 0 spiro atoms. The molecule has 4 aromatic rings. The third-order valence-corrected chi connectivity index (χ3v) is 9.83. The van der Waals surface area contributed by atoms with Crippen LogP contribution in [0.3, 0.4) is 0 Å². The van der Waals surface area contributed by atoms with Crippen molar-refractivity contribution in [3.05, 3.63) is 90.1 Å². The van der Waals surface area contributed by atoms with Crippen molar-refractivity contribution < 1.29 is 18.3 Å². The number of unbranched alkanes of at least 4 members (excludes halogenated alkanes) is 5. The summed E-state index contributed by atoms with van der Waals surface area (Å²) in [6.45, 7) is 5.38. The molecule has 2 amide bonds. The number of urea groups is 1. The number of H-pyrrole nitrogens is 1. The van der Waals surface area contributed by atoms with Crippen molar-refractivity contribution in [1.29, 1.82) is 0 Å². The first-order chi connectivity index (χ1) is 21.8. The summed E-state index contributed by atoms with van der Waals surface area (Å²) >= 11 is 0. The number of nitrogens with zero attached hydrogens (tertiary/aromatic N) is 2. The molecule has 10 heteroatoms. The molecule has 0 bridgehead atoms. The summed E-state index contributed by atoms with van der Waals surface area (Å²) in [5, 5.41) is 14.9. The van der Waals surface area contributed by atoms with E-state index in [1.165, 1.54) is 25.7 Å². The van der Waals surface area contributed by atoms with Gasteiger partial charge in [0.2, 0.25) is 0 Å². The number of hydrogen-bond donors (Lipinski definition) is 4. The lowest BCUT2D eigenvalue weighted by molar-refractivity contribution is 0.175. The summed E-state index contributed by atoms with van der Waals surface area (Å²) in [4.78, 5) is 19.8. The Bertz CT molecular complexity index is 1640. The van der Waals surface area contributed by atoms with Crippen LogP contribution in [-0.2, 0) is 16.4 Å². The summed E-state index contributed by atoms with van der Waals surface area (Å²) in [6.07, 6.45) is 9.14. The Hall–Kier alpha value is -3.86. The maximum Gasteiger partial charge on any atom is 0.324 e. The number of rotatable bonds is 17. The molecule has 3 aromatic carbocycles. The first-order valence-electron chi connectivity index (χ1n) is 16.1. The van der Waals surface area contributed by atoms with Crippen molar-refractivity contribution in [2.24, 2.45) is 0 Å². The number of carbonyl (C=O) groups is 1. The maximum atomic E-state index is 13.1. The Kier molecular flexibility index (Phi) is 11.2. The first kappa shape index (κ1) is 32.5. The van der Waals surface area contributed by atoms with Crippen LogP contribution in [0.1, 0.15) is 62.7 Å². The van der Waals surface area contributed by atoms with Gasteiger partial charge in [-0.1, -0.05) is 57.2 Å². The molecule has 1 aliphatic heterocycles. The number of benzene rings is 3. The average Bonchev–Trinajstić information content (AvgIpc) is 3.67. The molecule has 1 atom stereocenters. The lowest BCUT2D eigenvalue weighted by Crippen LogP contribution is -2.32. The van der Waals surface area contributed by atoms with Crippen molar-refractivity contribution in [3.63, 3.8) is 0 Å². The monoisotopic (exact) mass is 631 g/mol. The van der Waals surface area contributed by atoms with Gasteiger partial charge in [0.15, 0.2) is 0 Å². The van der Waals surface area contributed by atoms with E-state index in [0.29, 0.717) is 37.6 Å². The van der Waals surface area contributed by atoms with E-state index < -0.39 is 16.1 Å². The highest BCUT2D eigenvalue weighted by atomic mass is 32.2. The predicted octanol–water partition coefficient (Wildman–Crippen LogP) is 6.44. The number of aliphatic hydroxyl groups is 1. The zero-order valence-electron chi connectivity index (χ0n) is 26.0. The van der Waals surface area contributed by atoms with E-state index in [2.05, 4.69) is 21.9 Å². The van der Waals surface area contributed by atoms with Crippen molar-refractivity contribution >= 4 is 38.3 Å². The van der Waals surface area contributed by atoms with Gasteiger partial charge in [0.05, 0.1) is 11.0 Å². The highest BCUT2D eigenvalue weighted by Crippen LogP contribution is 2.24. The number of sulfonamides is 1. The number of aromatic nitrogens is 1. The fourth-order valence-electron chi connectivity index (χ4n) is 5.74. The topological polar surface area (TPSA) is 118 Å². The van der Waals surface area contributed by atoms with Crippen molar-refractivity contribution in [2.45, 2.75) is 62.9 Å². The van der Waals surface area contributed by atoms with Gasteiger partial charge in [-0.2, -0.15) is 0 Å². The summed E-state index contributed by atoms with van der Waals surface area (Å²) in [6, 6.07) is 21.7. The number of aliphatic hydroxyl groups excluding tert-OH is 1. The molecule has 240 valence electrons. The average molecular weight is 632 g/mol. The van der Waals surface area contributed by atoms with Gasteiger partial charge in [0.1, 0.15) is 0 Å². The van der Waals surface area contributed by atoms with Crippen LogP contribution in [-0.4, -0.2) is 62.2 Å². The summed E-state index contributed by atoms with van der Waals surface area (Å²) in [5.41, 5.74) is 4.15. The van der Waals surface area contributed by atoms with Crippen molar-refractivity contribution in [2.75, 3.05) is 42.3 Å². The van der Waals surface area contributed by atoms with Gasteiger partial charge in [-0.15, -0.1) is 0 Å². The van der Waals surface area contributed by atoms with Crippen molar-refractivity contribution in [1.82, 2.24) is 15.2 Å². The molecule has 0 saturated carbocycles. The number of fused-ring (bicyclic) bond motifs is 1. The van der Waals surface area contributed by atoms with Crippen LogP contribution in [0.15, 0.2) is 83.9 Å². The van der Waals surface area contributed by atoms with Crippen LogP contribution in [0.5, 0.6) is 0 Å². The summed E-state index contributed by atoms with van der Waals surface area (Å²) < 4.78 is 28.8. The Morgan fingerprint density at radius 3 is 2.44 bits per heavy atom. The molecule has 1 fully saturated rings. The number of anilines is 2. The SMILES string of the molecule is CCCCCCCCN1CCN(c2ccc(S(=O)(=O)Nc3ccc(CCNCC(O)c4ccc5[nH]ccc5c4)cc3)cc2)C1=O. The standard InChI is InChI=1S/C35H45N5O4S/c1-2-3-4-5-6-7-22-39-23-24-40(35(39)42)31-13-15-32(16-14-31)45(43,44)38-30-11-8-27(9-12-30)18-20-36-26-34(41)29-10-17-33-28(25-29)19-21-37-33/h8-17,19,21,25,34,36-38,41H,2-7,18,20,22-24,26H2,1H3. The second kappa shape index (κ2) is 15.4. The zero-order valence-corrected chi connectivity index (χ0v) is 26.9. The van der Waals surface area contributed by atoms with Gasteiger partial charge in [0.25, 0.3) is 10.0 Å². The highest BCUT2D eigenvalue weighted by Gasteiger charge is 2.29. The van der Waals surface area contributed by atoms with Crippen LogP contribution >= 0.6 is 0 Å². The van der Waals surface area contributed by atoms with E-state index >= 15 is 0 Å². The molecule has 2 heterocycles. The molecular weight excluding hydrogens is 586 g/mol. The van der Waals surface area contributed by atoms with E-state index in [0.717, 1.165) is 47.8 Å². The van der Waals surface area contributed by atoms with Crippen LogP contribution in [0.2, 0.25) is 0 Å². The fraction of sp³-hybridized carbons (Fsp3) is 0.400. The molecule has 0 radical (unpaired) electrons. The smallest absolute Gasteiger partial charge is 0.324 e. The second-order valence-electron chi connectivity index (χ2n) is 11.8. The number of carbonyl (C=O) groups excluding carboxylic acids is 1. The molecule has 1 aromatic heterocycles. The highest BCUT2D eigenvalue weighted by molar-refractivity contribution is 7.92. The molecule has 9 nitrogen and oxygen atoms in total. The van der Waals surface area contributed by atoms with Crippen LogP contribution in [0.4, 0.5) is 16.2 Å². The molecule has 1 saturated heterocycles. The summed E-state index contributed by atoms with van der Waals surface area (Å²) in [7, 11) is -3.79. The molecule has 0 aliphatic carbocycles. The molecule has 45 heavy (non-hydrogen) atoms. The third kappa shape index (κ3) is 8.65. The fourth-order valence-corrected chi connectivity index (χ4v) is 6.80. The van der Waals surface area contributed by atoms with Gasteiger partial charge in [0, 0.05) is 49.3 Å². The normalized spacial score (nSPS) is 14.4. The third-order valence-electron chi connectivity index (χ3n) is 8.43. The maximum absolute atomic E-state index is 13.1. The largest absolute Gasteiger partial charge is 0.387 e. The Morgan fingerprint density at radius 1 is 0.911 bits per heavy atom. The minimum absolute atomic E-state index is 0.0155. The van der Waals surface area contributed by atoms with E-state index in [1.807, 2.05) is 47.5 Å². The number of hydrogen-bond acceptors (Lipinski definition) is 5. The Balaban J connectivity index is 1.06. The molecule has 5 rings (SSSR count). The van der Waals surface area contributed by atoms with Gasteiger partial charge >= 0.3 is 6.03 Å².